The van der Waals surface area contributed by atoms with Crippen molar-refractivity contribution in [3.63, 3.8) is 0 Å². The van der Waals surface area contributed by atoms with E-state index in [1.165, 1.54) is 0 Å². The van der Waals surface area contributed by atoms with Crippen molar-refractivity contribution in [1.82, 2.24) is 5.32 Å². The summed E-state index contributed by atoms with van der Waals surface area (Å²) < 4.78 is 5.45. The Morgan fingerprint density at radius 1 is 1.56 bits per heavy atom. The van der Waals surface area contributed by atoms with Crippen LogP contribution in [0, 0.1) is 5.92 Å². The SMILES string of the molecule is CC(NC(=O)C1OCCC1C)c1cccc(N)c1. The molecular weight excluding hydrogens is 228 g/mol. The molecule has 1 aromatic rings. The molecule has 0 aromatic heterocycles. The largest absolute Gasteiger partial charge is 0.399 e. The van der Waals surface area contributed by atoms with Crippen molar-refractivity contribution in [1.29, 1.82) is 0 Å². The third kappa shape index (κ3) is 2.82. The van der Waals surface area contributed by atoms with E-state index in [4.69, 9.17) is 10.5 Å². The van der Waals surface area contributed by atoms with Crippen LogP contribution < -0.4 is 11.1 Å². The second kappa shape index (κ2) is 5.40. The van der Waals surface area contributed by atoms with Crippen molar-refractivity contribution in [3.8, 4) is 0 Å². The minimum absolute atomic E-state index is 0.0325. The number of nitrogens with one attached hydrogen (secondary N) is 1. The first-order valence-corrected chi connectivity index (χ1v) is 6.35. The third-order valence-corrected chi connectivity index (χ3v) is 3.42. The summed E-state index contributed by atoms with van der Waals surface area (Å²) in [6.45, 7) is 4.67. The summed E-state index contributed by atoms with van der Waals surface area (Å²) in [5, 5.41) is 2.98. The van der Waals surface area contributed by atoms with E-state index in [0.29, 0.717) is 12.3 Å². The molecule has 1 heterocycles. The lowest BCUT2D eigenvalue weighted by Gasteiger charge is -2.19. The maximum atomic E-state index is 12.1. The first kappa shape index (κ1) is 12.9. The standard InChI is InChI=1S/C14H20N2O2/c1-9-6-7-18-13(9)14(17)16-10(2)11-4-3-5-12(15)8-11/h3-5,8-10,13H,6-7,15H2,1-2H3,(H,16,17). The van der Waals surface area contributed by atoms with Crippen LogP contribution >= 0.6 is 0 Å². The minimum Gasteiger partial charge on any atom is -0.399 e. The van der Waals surface area contributed by atoms with Gasteiger partial charge in [-0.1, -0.05) is 19.1 Å². The van der Waals surface area contributed by atoms with Crippen LogP contribution in [0.5, 0.6) is 0 Å². The van der Waals surface area contributed by atoms with E-state index in [0.717, 1.165) is 12.0 Å². The van der Waals surface area contributed by atoms with Crippen LogP contribution in [0.3, 0.4) is 0 Å². The van der Waals surface area contributed by atoms with Crippen LogP contribution in [0.25, 0.3) is 0 Å². The van der Waals surface area contributed by atoms with Crippen LogP contribution in [0.2, 0.25) is 0 Å². The first-order chi connectivity index (χ1) is 8.58. The number of nitrogens with two attached hydrogens (primary N) is 1. The maximum Gasteiger partial charge on any atom is 0.249 e. The van der Waals surface area contributed by atoms with Gasteiger partial charge in [-0.3, -0.25) is 4.79 Å². The van der Waals surface area contributed by atoms with E-state index >= 15 is 0 Å². The highest BCUT2D eigenvalue weighted by molar-refractivity contribution is 5.81. The fourth-order valence-corrected chi connectivity index (χ4v) is 2.24. The predicted molar refractivity (Wildman–Crippen MR) is 70.9 cm³/mol. The Morgan fingerprint density at radius 3 is 2.94 bits per heavy atom. The van der Waals surface area contributed by atoms with E-state index in [2.05, 4.69) is 5.32 Å². The van der Waals surface area contributed by atoms with Gasteiger partial charge in [0.2, 0.25) is 5.91 Å². The van der Waals surface area contributed by atoms with Crippen molar-refractivity contribution in [2.45, 2.75) is 32.4 Å². The number of carbonyl (C=O) groups is 1. The molecule has 1 aliphatic heterocycles. The number of benzene rings is 1. The van der Waals surface area contributed by atoms with Crippen LogP contribution in [0.15, 0.2) is 24.3 Å². The van der Waals surface area contributed by atoms with Gasteiger partial charge < -0.3 is 15.8 Å². The predicted octanol–water partition coefficient (Wildman–Crippen LogP) is 1.87. The van der Waals surface area contributed by atoms with Gasteiger partial charge in [-0.05, 0) is 37.0 Å². The van der Waals surface area contributed by atoms with Crippen molar-refractivity contribution in [3.05, 3.63) is 29.8 Å². The number of amides is 1. The summed E-state index contributed by atoms with van der Waals surface area (Å²) in [7, 11) is 0. The van der Waals surface area contributed by atoms with E-state index in [-0.39, 0.29) is 24.0 Å². The highest BCUT2D eigenvalue weighted by atomic mass is 16.5. The lowest BCUT2D eigenvalue weighted by molar-refractivity contribution is -0.132. The Labute approximate surface area is 108 Å². The molecule has 0 aliphatic carbocycles. The van der Waals surface area contributed by atoms with Gasteiger partial charge in [0.25, 0.3) is 0 Å². The Morgan fingerprint density at radius 2 is 2.33 bits per heavy atom. The van der Waals surface area contributed by atoms with Crippen molar-refractivity contribution >= 4 is 11.6 Å². The molecule has 3 N–H and O–H groups in total. The number of carbonyl (C=O) groups excluding carboxylic acids is 1. The summed E-state index contributed by atoms with van der Waals surface area (Å²) in [5.41, 5.74) is 7.45. The quantitative estimate of drug-likeness (QED) is 0.803. The summed E-state index contributed by atoms with van der Waals surface area (Å²) in [5.74, 6) is 0.257. The van der Waals surface area contributed by atoms with Gasteiger partial charge in [-0.2, -0.15) is 0 Å². The normalized spacial score (nSPS) is 24.8. The Hall–Kier alpha value is -1.55. The average Bonchev–Trinajstić information content (AvgIpc) is 2.75. The molecule has 3 unspecified atom stereocenters. The van der Waals surface area contributed by atoms with Crippen LogP contribution in [0.1, 0.15) is 31.9 Å². The molecular formula is C14H20N2O2. The summed E-state index contributed by atoms with van der Waals surface area (Å²) in [4.78, 5) is 12.1. The highest BCUT2D eigenvalue weighted by Gasteiger charge is 2.31. The highest BCUT2D eigenvalue weighted by Crippen LogP contribution is 2.22. The zero-order valence-corrected chi connectivity index (χ0v) is 10.8. The van der Waals surface area contributed by atoms with E-state index in [9.17, 15) is 4.79 Å². The second-order valence-corrected chi connectivity index (χ2v) is 4.96. The first-order valence-electron chi connectivity index (χ1n) is 6.35. The lowest BCUT2D eigenvalue weighted by atomic mass is 10.0. The average molecular weight is 248 g/mol. The lowest BCUT2D eigenvalue weighted by Crippen LogP contribution is -2.38. The topological polar surface area (TPSA) is 64.3 Å². The van der Waals surface area contributed by atoms with Gasteiger partial charge in [0.05, 0.1) is 6.04 Å². The number of hydrogen-bond acceptors (Lipinski definition) is 3. The van der Waals surface area contributed by atoms with Gasteiger partial charge in [0.15, 0.2) is 0 Å². The number of hydrogen-bond donors (Lipinski definition) is 2. The van der Waals surface area contributed by atoms with Gasteiger partial charge in [0, 0.05) is 12.3 Å². The molecule has 98 valence electrons. The Bertz CT molecular complexity index is 434. The molecule has 0 spiro atoms. The zero-order valence-electron chi connectivity index (χ0n) is 10.8. The maximum absolute atomic E-state index is 12.1. The number of rotatable bonds is 3. The van der Waals surface area contributed by atoms with Gasteiger partial charge in [-0.25, -0.2) is 0 Å². The van der Waals surface area contributed by atoms with Gasteiger partial charge in [-0.15, -0.1) is 0 Å². The van der Waals surface area contributed by atoms with E-state index in [1.807, 2.05) is 38.1 Å². The van der Waals surface area contributed by atoms with Gasteiger partial charge in [0.1, 0.15) is 6.10 Å². The number of ether oxygens (including phenoxy) is 1. The molecule has 0 bridgehead atoms. The number of anilines is 1. The Kier molecular flexibility index (Phi) is 3.87. The number of nitrogen functional groups attached to an aromatic ring is 1. The van der Waals surface area contributed by atoms with Crippen LogP contribution in [-0.2, 0) is 9.53 Å². The zero-order chi connectivity index (χ0) is 13.1. The monoisotopic (exact) mass is 248 g/mol. The summed E-state index contributed by atoms with van der Waals surface area (Å²) in [6.07, 6.45) is 0.638. The molecule has 4 heteroatoms. The smallest absolute Gasteiger partial charge is 0.249 e. The minimum atomic E-state index is -0.312. The fourth-order valence-electron chi connectivity index (χ4n) is 2.24. The second-order valence-electron chi connectivity index (χ2n) is 4.96. The molecule has 18 heavy (non-hydrogen) atoms. The molecule has 1 aromatic carbocycles. The van der Waals surface area contributed by atoms with Crippen molar-refractivity contribution in [2.75, 3.05) is 12.3 Å². The summed E-state index contributed by atoms with van der Waals surface area (Å²) >= 11 is 0. The molecule has 3 atom stereocenters. The van der Waals surface area contributed by atoms with E-state index in [1.54, 1.807) is 0 Å². The van der Waals surface area contributed by atoms with Crippen molar-refractivity contribution < 1.29 is 9.53 Å². The molecule has 0 radical (unpaired) electrons. The van der Waals surface area contributed by atoms with Crippen molar-refractivity contribution in [2.24, 2.45) is 5.92 Å². The molecule has 0 saturated carbocycles. The van der Waals surface area contributed by atoms with Crippen LogP contribution in [0.4, 0.5) is 5.69 Å². The molecule has 1 saturated heterocycles. The third-order valence-electron chi connectivity index (χ3n) is 3.42. The molecule has 1 fully saturated rings. The fraction of sp³-hybridized carbons (Fsp3) is 0.500. The molecule has 1 amide bonds. The van der Waals surface area contributed by atoms with Crippen LogP contribution in [-0.4, -0.2) is 18.6 Å². The Balaban J connectivity index is 1.98. The summed E-state index contributed by atoms with van der Waals surface area (Å²) in [6, 6.07) is 7.50. The van der Waals surface area contributed by atoms with E-state index < -0.39 is 0 Å². The van der Waals surface area contributed by atoms with Gasteiger partial charge >= 0.3 is 0 Å². The molecule has 4 nitrogen and oxygen atoms in total. The molecule has 1 aliphatic rings. The molecule has 2 rings (SSSR count).